The average Bonchev–Trinajstić information content (AvgIpc) is 2.73. The van der Waals surface area contributed by atoms with Gasteiger partial charge in [0.05, 0.1) is 0 Å². The van der Waals surface area contributed by atoms with Crippen molar-refractivity contribution in [2.75, 3.05) is 13.1 Å². The summed E-state index contributed by atoms with van der Waals surface area (Å²) in [5.74, 6) is -0.0368. The van der Waals surface area contributed by atoms with E-state index in [1.165, 1.54) is 0 Å². The smallest absolute Gasteiger partial charge is 0.246 e. The number of amides is 2. The Hall–Kier alpha value is -3.14. The number of piperazine rings is 1. The lowest BCUT2D eigenvalue weighted by Gasteiger charge is -2.43. The quantitative estimate of drug-likeness (QED) is 0.763. The van der Waals surface area contributed by atoms with Crippen molar-refractivity contribution >= 4 is 24.0 Å². The van der Waals surface area contributed by atoms with E-state index in [4.69, 9.17) is 0 Å². The van der Waals surface area contributed by atoms with E-state index in [-0.39, 0.29) is 23.9 Å². The molecule has 1 aliphatic heterocycles. The Morgan fingerprint density at radius 3 is 1.43 bits per heavy atom. The van der Waals surface area contributed by atoms with Crippen LogP contribution in [0.3, 0.4) is 0 Å². The highest BCUT2D eigenvalue weighted by Gasteiger charge is 2.32. The molecule has 1 fully saturated rings. The molecule has 1 saturated heterocycles. The van der Waals surface area contributed by atoms with E-state index in [1.807, 2.05) is 96.5 Å². The van der Waals surface area contributed by atoms with Gasteiger partial charge in [-0.25, -0.2) is 0 Å². The van der Waals surface area contributed by atoms with E-state index < -0.39 is 0 Å². The van der Waals surface area contributed by atoms with Crippen molar-refractivity contribution in [2.45, 2.75) is 25.9 Å². The van der Waals surface area contributed by atoms with Crippen molar-refractivity contribution in [2.24, 2.45) is 0 Å². The first-order valence-electron chi connectivity index (χ1n) is 9.62. The standard InChI is InChI=1S/C24H26N2O2/c1-19-17-26(24(28)16-14-22-11-7-4-8-12-22)20(2)18-25(19)23(27)15-13-21-9-5-3-6-10-21/h3-16,19-20H,17-18H2,1-2H3/b15-13-,16-14+/t19-,20-/m1/s1. The summed E-state index contributed by atoms with van der Waals surface area (Å²) >= 11 is 0. The summed E-state index contributed by atoms with van der Waals surface area (Å²) < 4.78 is 0. The molecule has 2 atom stereocenters. The van der Waals surface area contributed by atoms with Crippen LogP contribution in [0.15, 0.2) is 72.8 Å². The van der Waals surface area contributed by atoms with Gasteiger partial charge >= 0.3 is 0 Å². The molecule has 0 spiro atoms. The normalized spacial score (nSPS) is 20.1. The summed E-state index contributed by atoms with van der Waals surface area (Å²) in [7, 11) is 0. The minimum atomic E-state index is -0.0294. The predicted octanol–water partition coefficient (Wildman–Crippen LogP) is 3.86. The maximum atomic E-state index is 12.6. The number of hydrogen-bond acceptors (Lipinski definition) is 2. The Morgan fingerprint density at radius 2 is 1.07 bits per heavy atom. The summed E-state index contributed by atoms with van der Waals surface area (Å²) in [5, 5.41) is 0. The van der Waals surface area contributed by atoms with Crippen molar-refractivity contribution in [1.29, 1.82) is 0 Å². The van der Waals surface area contributed by atoms with E-state index in [0.717, 1.165) is 11.1 Å². The van der Waals surface area contributed by atoms with Gasteiger partial charge in [-0.1, -0.05) is 60.7 Å². The minimum absolute atomic E-state index is 0.0184. The largest absolute Gasteiger partial charge is 0.333 e. The summed E-state index contributed by atoms with van der Waals surface area (Å²) in [5.41, 5.74) is 1.99. The molecule has 0 bridgehead atoms. The number of hydrogen-bond donors (Lipinski definition) is 0. The van der Waals surface area contributed by atoms with Gasteiger partial charge in [0.2, 0.25) is 11.8 Å². The highest BCUT2D eigenvalue weighted by Crippen LogP contribution is 2.17. The molecule has 4 nitrogen and oxygen atoms in total. The topological polar surface area (TPSA) is 40.6 Å². The van der Waals surface area contributed by atoms with Gasteiger partial charge in [0, 0.05) is 37.3 Å². The van der Waals surface area contributed by atoms with Gasteiger partial charge in [-0.15, -0.1) is 0 Å². The molecule has 28 heavy (non-hydrogen) atoms. The maximum absolute atomic E-state index is 12.6. The third-order valence-electron chi connectivity index (χ3n) is 4.99. The van der Waals surface area contributed by atoms with Crippen LogP contribution >= 0.6 is 0 Å². The van der Waals surface area contributed by atoms with Crippen LogP contribution in [0, 0.1) is 0 Å². The molecule has 2 aromatic rings. The first-order chi connectivity index (χ1) is 13.5. The number of carbonyl (C=O) groups is 2. The molecule has 1 aliphatic rings. The fraction of sp³-hybridized carbons (Fsp3) is 0.250. The third-order valence-corrected chi connectivity index (χ3v) is 4.99. The Morgan fingerprint density at radius 1 is 0.714 bits per heavy atom. The zero-order chi connectivity index (χ0) is 19.9. The minimum Gasteiger partial charge on any atom is -0.333 e. The molecule has 3 rings (SSSR count). The van der Waals surface area contributed by atoms with Crippen molar-refractivity contribution in [3.8, 4) is 0 Å². The van der Waals surface area contributed by atoms with Crippen LogP contribution in [0.25, 0.3) is 12.2 Å². The molecule has 4 heteroatoms. The Kier molecular flexibility index (Phi) is 6.43. The lowest BCUT2D eigenvalue weighted by molar-refractivity contribution is -0.139. The van der Waals surface area contributed by atoms with Crippen molar-refractivity contribution in [3.63, 3.8) is 0 Å². The number of benzene rings is 2. The van der Waals surface area contributed by atoms with Crippen LogP contribution < -0.4 is 0 Å². The third kappa shape index (κ3) is 4.97. The van der Waals surface area contributed by atoms with Gasteiger partial charge in [-0.05, 0) is 37.1 Å². The van der Waals surface area contributed by atoms with Crippen LogP contribution in [0.1, 0.15) is 25.0 Å². The van der Waals surface area contributed by atoms with Crippen molar-refractivity contribution in [1.82, 2.24) is 9.80 Å². The second-order valence-corrected chi connectivity index (χ2v) is 7.17. The van der Waals surface area contributed by atoms with E-state index in [1.54, 1.807) is 12.2 Å². The first-order valence-corrected chi connectivity index (χ1v) is 9.62. The molecule has 0 aromatic heterocycles. The molecule has 2 amide bonds. The Labute approximate surface area is 166 Å². The van der Waals surface area contributed by atoms with E-state index in [2.05, 4.69) is 0 Å². The van der Waals surface area contributed by atoms with Gasteiger partial charge in [0.1, 0.15) is 0 Å². The SMILES string of the molecule is C[C@@H]1CN(C(=O)/C=C/c2ccccc2)[C@H](C)CN1C(=O)/C=C\c1ccccc1. The van der Waals surface area contributed by atoms with Gasteiger partial charge < -0.3 is 9.80 Å². The molecule has 0 saturated carbocycles. The van der Waals surface area contributed by atoms with Gasteiger partial charge in [0.25, 0.3) is 0 Å². The Bertz CT molecular complexity index is 785. The maximum Gasteiger partial charge on any atom is 0.246 e. The number of nitrogens with zero attached hydrogens (tertiary/aromatic N) is 2. The van der Waals surface area contributed by atoms with Crippen LogP contribution in [0.2, 0.25) is 0 Å². The molecule has 2 aromatic carbocycles. The first kappa shape index (κ1) is 19.6. The highest BCUT2D eigenvalue weighted by molar-refractivity contribution is 5.94. The fourth-order valence-corrected chi connectivity index (χ4v) is 3.40. The van der Waals surface area contributed by atoms with Crippen molar-refractivity contribution in [3.05, 3.63) is 83.9 Å². The molecular weight excluding hydrogens is 348 g/mol. The zero-order valence-corrected chi connectivity index (χ0v) is 16.4. The molecule has 144 valence electrons. The lowest BCUT2D eigenvalue weighted by Crippen LogP contribution is -2.59. The molecule has 0 N–H and O–H groups in total. The number of carbonyl (C=O) groups excluding carboxylic acids is 2. The zero-order valence-electron chi connectivity index (χ0n) is 16.4. The predicted molar refractivity (Wildman–Crippen MR) is 113 cm³/mol. The summed E-state index contributed by atoms with van der Waals surface area (Å²) in [6.07, 6.45) is 6.90. The van der Waals surface area contributed by atoms with Crippen molar-refractivity contribution < 1.29 is 9.59 Å². The summed E-state index contributed by atoms with van der Waals surface area (Å²) in [6.45, 7) is 5.04. The molecule has 0 aliphatic carbocycles. The van der Waals surface area contributed by atoms with Gasteiger partial charge in [-0.3, -0.25) is 9.59 Å². The molecule has 0 radical (unpaired) electrons. The molecular formula is C24H26N2O2. The van der Waals surface area contributed by atoms with E-state index in [9.17, 15) is 9.59 Å². The number of rotatable bonds is 4. The van der Waals surface area contributed by atoms with Gasteiger partial charge in [0.15, 0.2) is 0 Å². The fourth-order valence-electron chi connectivity index (χ4n) is 3.40. The summed E-state index contributed by atoms with van der Waals surface area (Å²) in [6, 6.07) is 19.5. The second-order valence-electron chi connectivity index (χ2n) is 7.17. The molecule has 1 heterocycles. The van der Waals surface area contributed by atoms with Crippen LogP contribution in [0.4, 0.5) is 0 Å². The van der Waals surface area contributed by atoms with E-state index in [0.29, 0.717) is 13.1 Å². The summed E-state index contributed by atoms with van der Waals surface area (Å²) in [4.78, 5) is 29.0. The highest BCUT2D eigenvalue weighted by atomic mass is 16.2. The van der Waals surface area contributed by atoms with E-state index >= 15 is 0 Å². The Balaban J connectivity index is 1.61. The van der Waals surface area contributed by atoms with Crippen LogP contribution in [-0.2, 0) is 9.59 Å². The lowest BCUT2D eigenvalue weighted by atomic mass is 10.1. The van der Waals surface area contributed by atoms with Gasteiger partial charge in [-0.2, -0.15) is 0 Å². The average molecular weight is 374 g/mol. The second kappa shape index (κ2) is 9.18. The molecule has 0 unspecified atom stereocenters. The van der Waals surface area contributed by atoms with Crippen LogP contribution in [-0.4, -0.2) is 46.8 Å². The monoisotopic (exact) mass is 374 g/mol. The van der Waals surface area contributed by atoms with Crippen LogP contribution in [0.5, 0.6) is 0 Å².